The van der Waals surface area contributed by atoms with Crippen LogP contribution in [-0.2, 0) is 6.42 Å². The number of aryl methyl sites for hydroxylation is 1. The lowest BCUT2D eigenvalue weighted by molar-refractivity contribution is 0.899. The third-order valence-corrected chi connectivity index (χ3v) is 2.91. The summed E-state index contributed by atoms with van der Waals surface area (Å²) in [5, 5.41) is 3.44. The summed E-state index contributed by atoms with van der Waals surface area (Å²) >= 11 is 0. The second kappa shape index (κ2) is 5.72. The molecule has 0 saturated carbocycles. The van der Waals surface area contributed by atoms with Crippen molar-refractivity contribution < 1.29 is 0 Å². The highest BCUT2D eigenvalue weighted by Gasteiger charge is 1.99. The molecule has 0 aliphatic rings. The molecule has 1 heteroatoms. The first-order chi connectivity index (χ1) is 8.63. The van der Waals surface area contributed by atoms with Crippen LogP contribution in [0.2, 0.25) is 0 Å². The van der Waals surface area contributed by atoms with E-state index in [-0.39, 0.29) is 0 Å². The van der Waals surface area contributed by atoms with Gasteiger partial charge in [0.2, 0.25) is 0 Å². The van der Waals surface area contributed by atoms with Gasteiger partial charge in [-0.15, -0.1) is 0 Å². The van der Waals surface area contributed by atoms with Gasteiger partial charge < -0.3 is 5.32 Å². The lowest BCUT2D eigenvalue weighted by atomic mass is 10.0. The van der Waals surface area contributed by atoms with Gasteiger partial charge >= 0.3 is 0 Å². The molecule has 0 amide bonds. The fraction of sp³-hybridized carbons (Fsp3) is 0.294. The van der Waals surface area contributed by atoms with Gasteiger partial charge in [0.05, 0.1) is 0 Å². The second-order valence-corrected chi connectivity index (χ2v) is 5.16. The van der Waals surface area contributed by atoms with Gasteiger partial charge in [0.15, 0.2) is 0 Å². The van der Waals surface area contributed by atoms with E-state index in [0.29, 0.717) is 6.04 Å². The van der Waals surface area contributed by atoms with Crippen LogP contribution in [-0.4, -0.2) is 6.04 Å². The molecule has 0 heterocycles. The molecule has 1 N–H and O–H groups in total. The maximum Gasteiger partial charge on any atom is 0.0344 e. The molecule has 0 fully saturated rings. The summed E-state index contributed by atoms with van der Waals surface area (Å²) in [5.74, 6) is 0. The topological polar surface area (TPSA) is 12.0 Å². The Labute approximate surface area is 110 Å². The van der Waals surface area contributed by atoms with Gasteiger partial charge in [-0.1, -0.05) is 42.0 Å². The Hall–Kier alpha value is -1.76. The van der Waals surface area contributed by atoms with Crippen molar-refractivity contribution in [1.82, 2.24) is 0 Å². The molecular formula is C17H21N. The summed E-state index contributed by atoms with van der Waals surface area (Å²) in [7, 11) is 0. The predicted molar refractivity (Wildman–Crippen MR) is 79.2 cm³/mol. The van der Waals surface area contributed by atoms with Gasteiger partial charge in [-0.05, 0) is 50.5 Å². The maximum absolute atomic E-state index is 3.44. The Bertz CT molecular complexity index is 497. The van der Waals surface area contributed by atoms with Crippen molar-refractivity contribution in [3.05, 3.63) is 65.2 Å². The summed E-state index contributed by atoms with van der Waals surface area (Å²) < 4.78 is 0. The van der Waals surface area contributed by atoms with E-state index in [9.17, 15) is 0 Å². The van der Waals surface area contributed by atoms with Crippen molar-refractivity contribution in [3.8, 4) is 0 Å². The number of benzene rings is 2. The van der Waals surface area contributed by atoms with E-state index in [1.165, 1.54) is 22.4 Å². The smallest absolute Gasteiger partial charge is 0.0344 e. The van der Waals surface area contributed by atoms with Crippen LogP contribution in [0.4, 0.5) is 5.69 Å². The molecule has 0 saturated heterocycles. The molecular weight excluding hydrogens is 218 g/mol. The Morgan fingerprint density at radius 1 is 0.944 bits per heavy atom. The molecule has 18 heavy (non-hydrogen) atoms. The van der Waals surface area contributed by atoms with Crippen molar-refractivity contribution in [1.29, 1.82) is 0 Å². The van der Waals surface area contributed by atoms with E-state index in [1.807, 2.05) is 0 Å². The first kappa shape index (κ1) is 12.7. The molecule has 0 radical (unpaired) electrons. The Morgan fingerprint density at radius 3 is 2.33 bits per heavy atom. The van der Waals surface area contributed by atoms with Crippen LogP contribution in [0.5, 0.6) is 0 Å². The summed E-state index contributed by atoms with van der Waals surface area (Å²) in [6.45, 7) is 6.44. The molecule has 2 rings (SSSR count). The van der Waals surface area contributed by atoms with E-state index in [0.717, 1.165) is 6.42 Å². The normalized spacial score (nSPS) is 10.7. The van der Waals surface area contributed by atoms with Crippen LogP contribution < -0.4 is 5.32 Å². The third-order valence-electron chi connectivity index (χ3n) is 2.91. The predicted octanol–water partition coefficient (Wildman–Crippen LogP) is 4.41. The first-order valence-electron chi connectivity index (χ1n) is 6.54. The number of hydrogen-bond donors (Lipinski definition) is 1. The van der Waals surface area contributed by atoms with Gasteiger partial charge in [-0.3, -0.25) is 0 Å². The summed E-state index contributed by atoms with van der Waals surface area (Å²) in [6.07, 6.45) is 0.994. The zero-order valence-corrected chi connectivity index (χ0v) is 11.4. The van der Waals surface area contributed by atoms with Crippen molar-refractivity contribution in [2.45, 2.75) is 33.2 Å². The summed E-state index contributed by atoms with van der Waals surface area (Å²) in [4.78, 5) is 0. The van der Waals surface area contributed by atoms with Gasteiger partial charge in [0.1, 0.15) is 0 Å². The molecule has 2 aromatic rings. The van der Waals surface area contributed by atoms with Gasteiger partial charge in [0, 0.05) is 11.7 Å². The molecule has 1 nitrogen and oxygen atoms in total. The van der Waals surface area contributed by atoms with Gasteiger partial charge in [0.25, 0.3) is 0 Å². The van der Waals surface area contributed by atoms with Crippen molar-refractivity contribution >= 4 is 5.69 Å². The standard InChI is InChI=1S/C17H21N/c1-13(2)18-17-6-4-5-16(12-17)11-15-9-7-14(3)8-10-15/h4-10,12-13,18H,11H2,1-3H3. The highest BCUT2D eigenvalue weighted by atomic mass is 14.9. The monoisotopic (exact) mass is 239 g/mol. The van der Waals surface area contributed by atoms with Crippen molar-refractivity contribution in [3.63, 3.8) is 0 Å². The van der Waals surface area contributed by atoms with E-state index in [2.05, 4.69) is 74.6 Å². The van der Waals surface area contributed by atoms with Crippen LogP contribution in [0, 0.1) is 6.92 Å². The zero-order valence-electron chi connectivity index (χ0n) is 11.4. The molecule has 0 bridgehead atoms. The molecule has 2 aromatic carbocycles. The average Bonchev–Trinajstić information content (AvgIpc) is 2.32. The third kappa shape index (κ3) is 3.63. The van der Waals surface area contributed by atoms with Crippen LogP contribution in [0.1, 0.15) is 30.5 Å². The zero-order chi connectivity index (χ0) is 13.0. The lowest BCUT2D eigenvalue weighted by Crippen LogP contribution is -2.09. The van der Waals surface area contributed by atoms with Gasteiger partial charge in [-0.25, -0.2) is 0 Å². The molecule has 0 aliphatic carbocycles. The Kier molecular flexibility index (Phi) is 4.03. The van der Waals surface area contributed by atoms with Crippen molar-refractivity contribution in [2.24, 2.45) is 0 Å². The molecule has 0 aromatic heterocycles. The highest BCUT2D eigenvalue weighted by molar-refractivity contribution is 5.47. The Balaban J connectivity index is 2.11. The van der Waals surface area contributed by atoms with Gasteiger partial charge in [-0.2, -0.15) is 0 Å². The molecule has 0 spiro atoms. The number of hydrogen-bond acceptors (Lipinski definition) is 1. The minimum absolute atomic E-state index is 0.472. The average molecular weight is 239 g/mol. The summed E-state index contributed by atoms with van der Waals surface area (Å²) in [6, 6.07) is 17.9. The molecule has 94 valence electrons. The highest BCUT2D eigenvalue weighted by Crippen LogP contribution is 2.15. The fourth-order valence-corrected chi connectivity index (χ4v) is 2.05. The molecule has 0 aliphatic heterocycles. The van der Waals surface area contributed by atoms with Crippen LogP contribution >= 0.6 is 0 Å². The Morgan fingerprint density at radius 2 is 1.67 bits per heavy atom. The van der Waals surface area contributed by atoms with Crippen LogP contribution in [0.3, 0.4) is 0 Å². The first-order valence-corrected chi connectivity index (χ1v) is 6.54. The van der Waals surface area contributed by atoms with E-state index in [4.69, 9.17) is 0 Å². The largest absolute Gasteiger partial charge is 0.383 e. The molecule has 0 unspecified atom stereocenters. The number of rotatable bonds is 4. The van der Waals surface area contributed by atoms with E-state index in [1.54, 1.807) is 0 Å². The van der Waals surface area contributed by atoms with Crippen LogP contribution in [0.25, 0.3) is 0 Å². The van der Waals surface area contributed by atoms with E-state index < -0.39 is 0 Å². The minimum Gasteiger partial charge on any atom is -0.383 e. The van der Waals surface area contributed by atoms with E-state index >= 15 is 0 Å². The minimum atomic E-state index is 0.472. The lowest BCUT2D eigenvalue weighted by Gasteiger charge is -2.11. The number of nitrogens with one attached hydrogen (secondary N) is 1. The quantitative estimate of drug-likeness (QED) is 0.833. The number of anilines is 1. The fourth-order valence-electron chi connectivity index (χ4n) is 2.05. The SMILES string of the molecule is Cc1ccc(Cc2cccc(NC(C)C)c2)cc1. The summed E-state index contributed by atoms with van der Waals surface area (Å²) in [5.41, 5.74) is 5.23. The molecule has 0 atom stereocenters. The van der Waals surface area contributed by atoms with Crippen molar-refractivity contribution in [2.75, 3.05) is 5.32 Å². The van der Waals surface area contributed by atoms with Crippen LogP contribution in [0.15, 0.2) is 48.5 Å². The maximum atomic E-state index is 3.44. The second-order valence-electron chi connectivity index (χ2n) is 5.16.